The summed E-state index contributed by atoms with van der Waals surface area (Å²) in [6.45, 7) is 2.02. The first kappa shape index (κ1) is 34.7. The zero-order chi connectivity index (χ0) is 34.6. The van der Waals surface area contributed by atoms with Gasteiger partial charge in [0.2, 0.25) is 11.9 Å². The molecule has 0 saturated carbocycles. The summed E-state index contributed by atoms with van der Waals surface area (Å²) in [6.07, 6.45) is -6.73. The van der Waals surface area contributed by atoms with Crippen molar-refractivity contribution in [3.63, 3.8) is 0 Å². The Kier molecular flexibility index (Phi) is 10.6. The molecule has 5 rings (SSSR count). The molecule has 0 spiro atoms. The van der Waals surface area contributed by atoms with Crippen LogP contribution in [0.2, 0.25) is 0 Å². The van der Waals surface area contributed by atoms with Gasteiger partial charge in [-0.15, -0.1) is 0 Å². The highest BCUT2D eigenvalue weighted by atomic mass is 31.2. The van der Waals surface area contributed by atoms with E-state index < -0.39 is 81.5 Å². The van der Waals surface area contributed by atoms with Crippen molar-refractivity contribution in [2.75, 3.05) is 37.9 Å². The lowest BCUT2D eigenvalue weighted by molar-refractivity contribution is -0.0666. The molecule has 3 aromatic rings. The molecule has 2 aliphatic rings. The number of ether oxygens (including phenoxy) is 6. The van der Waals surface area contributed by atoms with Gasteiger partial charge in [0, 0.05) is 12.8 Å². The second-order valence-electron chi connectivity index (χ2n) is 10.2. The zero-order valence-corrected chi connectivity index (χ0v) is 26.3. The number of hydrogen-bond acceptors (Lipinski definition) is 19. The van der Waals surface area contributed by atoms with E-state index in [-0.39, 0.29) is 49.1 Å². The topological polar surface area (TPSA) is 309 Å². The Morgan fingerprint density at radius 2 is 1.60 bits per heavy atom. The van der Waals surface area contributed by atoms with Crippen LogP contribution < -0.4 is 22.7 Å². The summed E-state index contributed by atoms with van der Waals surface area (Å²) in [5, 5.41) is 0. The number of aromatic amines is 1. The van der Waals surface area contributed by atoms with Gasteiger partial charge in [-0.05, 0) is 13.8 Å². The number of nitrogens with one attached hydrogen (secondary N) is 1. The van der Waals surface area contributed by atoms with Crippen LogP contribution in [0, 0.1) is 0 Å². The molecule has 0 radical (unpaired) electrons. The molecule has 0 aromatic carbocycles. The number of phosphoric ester groups is 1. The summed E-state index contributed by atoms with van der Waals surface area (Å²) in [4.78, 5) is 77.1. The number of nitrogen functional groups attached to an aromatic ring is 2. The zero-order valence-electron chi connectivity index (χ0n) is 25.4. The van der Waals surface area contributed by atoms with Crippen LogP contribution in [0.4, 0.5) is 21.5 Å². The van der Waals surface area contributed by atoms with Gasteiger partial charge >= 0.3 is 25.8 Å². The molecule has 2 aliphatic heterocycles. The molecule has 1 unspecified atom stereocenters. The summed E-state index contributed by atoms with van der Waals surface area (Å²) < 4.78 is 57.9. The van der Waals surface area contributed by atoms with E-state index in [9.17, 15) is 28.6 Å². The minimum absolute atomic E-state index is 0.00886. The van der Waals surface area contributed by atoms with E-state index in [4.69, 9.17) is 48.9 Å². The Balaban J connectivity index is 1.30. The fraction of sp³-hybridized carbons (Fsp3) is 0.583. The molecule has 2 saturated heterocycles. The van der Waals surface area contributed by atoms with Crippen LogP contribution >= 0.6 is 7.82 Å². The number of rotatable bonds is 12. The molecule has 262 valence electrons. The molecular weight excluding hydrogens is 669 g/mol. The molecule has 0 aliphatic carbocycles. The molecule has 6 N–H and O–H groups in total. The fourth-order valence-corrected chi connectivity index (χ4v) is 5.90. The molecular formula is C24H32N9O14P. The molecule has 5 heterocycles. The van der Waals surface area contributed by atoms with Crippen LogP contribution in [0.1, 0.15) is 39.1 Å². The number of fused-ring (bicyclic) bond motifs is 1. The van der Waals surface area contributed by atoms with Gasteiger partial charge in [0.05, 0.1) is 26.1 Å². The minimum Gasteiger partial charge on any atom is -0.435 e. The van der Waals surface area contributed by atoms with Crippen molar-refractivity contribution in [1.82, 2.24) is 34.1 Å². The third kappa shape index (κ3) is 8.06. The van der Waals surface area contributed by atoms with Gasteiger partial charge in [0.1, 0.15) is 49.8 Å². The summed E-state index contributed by atoms with van der Waals surface area (Å²) in [5.74, 6) is -0.461. The van der Waals surface area contributed by atoms with Crippen LogP contribution in [-0.4, -0.2) is 102 Å². The average Bonchev–Trinajstić information content (AvgIpc) is 3.72. The lowest BCUT2D eigenvalue weighted by atomic mass is 10.2. The van der Waals surface area contributed by atoms with Gasteiger partial charge in [-0.3, -0.25) is 28.0 Å². The summed E-state index contributed by atoms with van der Waals surface area (Å²) in [7, 11) is -4.97. The van der Waals surface area contributed by atoms with Gasteiger partial charge < -0.3 is 44.8 Å². The van der Waals surface area contributed by atoms with Crippen LogP contribution in [0.5, 0.6) is 0 Å². The van der Waals surface area contributed by atoms with Crippen LogP contribution in [-0.2, 0) is 42.0 Å². The quantitative estimate of drug-likeness (QED) is 0.139. The number of phosphoric acid groups is 1. The maximum atomic E-state index is 13.2. The third-order valence-electron chi connectivity index (χ3n) is 6.99. The van der Waals surface area contributed by atoms with E-state index in [0.717, 1.165) is 10.9 Å². The van der Waals surface area contributed by atoms with E-state index in [1.807, 2.05) is 0 Å². The van der Waals surface area contributed by atoms with Crippen molar-refractivity contribution in [3.8, 4) is 0 Å². The monoisotopic (exact) mass is 701 g/mol. The van der Waals surface area contributed by atoms with E-state index in [0.29, 0.717) is 0 Å². The number of imidazole rings is 1. The predicted molar refractivity (Wildman–Crippen MR) is 156 cm³/mol. The van der Waals surface area contributed by atoms with Crippen molar-refractivity contribution >= 4 is 43.2 Å². The molecule has 0 bridgehead atoms. The first-order valence-electron chi connectivity index (χ1n) is 14.4. The normalized spacial score (nSPS) is 25.1. The smallest absolute Gasteiger partial charge is 0.435 e. The highest BCUT2D eigenvalue weighted by Gasteiger charge is 2.45. The van der Waals surface area contributed by atoms with Crippen molar-refractivity contribution in [2.24, 2.45) is 0 Å². The van der Waals surface area contributed by atoms with Crippen molar-refractivity contribution < 1.29 is 56.5 Å². The van der Waals surface area contributed by atoms with Gasteiger partial charge in [-0.25, -0.2) is 28.9 Å². The Morgan fingerprint density at radius 1 is 0.958 bits per heavy atom. The van der Waals surface area contributed by atoms with Gasteiger partial charge in [0.15, 0.2) is 11.2 Å². The number of aromatic nitrogens is 7. The Hall–Kier alpha value is -4.67. The Bertz CT molecular complexity index is 1800. The molecule has 23 nitrogen and oxygen atoms in total. The van der Waals surface area contributed by atoms with Gasteiger partial charge in [-0.2, -0.15) is 9.97 Å². The third-order valence-corrected chi connectivity index (χ3v) is 8.00. The number of nitrogens with two attached hydrogens (primary N) is 2. The fourth-order valence-electron chi connectivity index (χ4n) is 4.94. The first-order valence-corrected chi connectivity index (χ1v) is 15.9. The van der Waals surface area contributed by atoms with Gasteiger partial charge in [-0.1, -0.05) is 0 Å². The number of H-pyrrole nitrogens is 1. The summed E-state index contributed by atoms with van der Waals surface area (Å²) in [5.41, 5.74) is 9.76. The number of anilines is 2. The molecule has 3 aromatic heterocycles. The second-order valence-corrected chi connectivity index (χ2v) is 11.6. The molecule has 7 atom stereocenters. The summed E-state index contributed by atoms with van der Waals surface area (Å²) >= 11 is 0. The highest BCUT2D eigenvalue weighted by Crippen LogP contribution is 2.49. The lowest BCUT2D eigenvalue weighted by Gasteiger charge is -2.23. The van der Waals surface area contributed by atoms with E-state index in [1.54, 1.807) is 13.8 Å². The molecule has 48 heavy (non-hydrogen) atoms. The number of carbonyl (C=O) groups is 2. The maximum Gasteiger partial charge on any atom is 0.508 e. The van der Waals surface area contributed by atoms with Crippen molar-refractivity contribution in [1.29, 1.82) is 0 Å². The van der Waals surface area contributed by atoms with Gasteiger partial charge in [0.25, 0.3) is 5.56 Å². The molecule has 2 fully saturated rings. The Morgan fingerprint density at radius 3 is 2.31 bits per heavy atom. The second kappa shape index (κ2) is 14.6. The van der Waals surface area contributed by atoms with E-state index >= 15 is 0 Å². The van der Waals surface area contributed by atoms with E-state index in [2.05, 4.69) is 24.9 Å². The first-order chi connectivity index (χ1) is 22.9. The predicted octanol–water partition coefficient (Wildman–Crippen LogP) is -0.272. The Labute approximate surface area is 269 Å². The lowest BCUT2D eigenvalue weighted by Crippen LogP contribution is -2.32. The van der Waals surface area contributed by atoms with Crippen molar-refractivity contribution in [3.05, 3.63) is 33.5 Å². The highest BCUT2D eigenvalue weighted by molar-refractivity contribution is 7.47. The van der Waals surface area contributed by atoms with Crippen molar-refractivity contribution in [2.45, 2.75) is 63.6 Å². The average molecular weight is 702 g/mol. The number of nitrogens with zero attached hydrogens (tertiary/aromatic N) is 6. The maximum absolute atomic E-state index is 13.2. The summed E-state index contributed by atoms with van der Waals surface area (Å²) in [6, 6.07) is 0. The molecule has 24 heteroatoms. The van der Waals surface area contributed by atoms with E-state index in [1.165, 1.54) is 10.9 Å². The van der Waals surface area contributed by atoms with Crippen LogP contribution in [0.15, 0.2) is 22.2 Å². The van der Waals surface area contributed by atoms with Crippen LogP contribution in [0.3, 0.4) is 0 Å². The number of carbonyl (C=O) groups excluding carboxylic acids is 2. The largest absolute Gasteiger partial charge is 0.508 e. The number of hydrogen-bond donors (Lipinski definition) is 4. The SMILES string of the molecule is CCOC(=O)OC[C@H]1O[C@@H](n2cnc(N)nc2=O)C[C@H]1OP(=O)(O)OC[C@H]1O[C@@H](n2cnc3c(=O)[nH]c(N)nc32)C[C@@H]1OC(=O)OCC. The van der Waals surface area contributed by atoms with Crippen LogP contribution in [0.25, 0.3) is 11.2 Å². The molecule has 0 amide bonds. The standard InChI is InChI=1S/C24H32N9O14P/c1-3-40-23(36)42-7-13-12(6-16(44-13)33-10-28-20(25)31-22(33)35)47-48(38,39)43-8-14-11(46-24(37)41-4-2)5-15(45-14)32-9-27-17-18(32)29-21(26)30-19(17)34/h9-16H,3-8H2,1-2H3,(H,38,39)(H2,25,31,35)(H3,26,29,30,34)/t11-,12+,13+,14+,15+,16+/m0/s1. The minimum atomic E-state index is -4.97.